The fraction of sp³-hybridized carbons (Fsp3) is 0.0204. The molecule has 7 nitrogen and oxygen atoms in total. The van der Waals surface area contributed by atoms with Gasteiger partial charge in [-0.2, -0.15) is 0 Å². The number of benzene rings is 7. The van der Waals surface area contributed by atoms with Crippen molar-refractivity contribution in [1.82, 2.24) is 19.5 Å². The Balaban J connectivity index is 1.16. The van der Waals surface area contributed by atoms with Crippen LogP contribution in [0.3, 0.4) is 0 Å². The summed E-state index contributed by atoms with van der Waals surface area (Å²) in [5.74, 6) is 2.98. The molecule has 7 aromatic carbocycles. The predicted molar refractivity (Wildman–Crippen MR) is 225 cm³/mol. The third kappa shape index (κ3) is 5.28. The molecule has 0 saturated carbocycles. The molecule has 56 heavy (non-hydrogen) atoms. The van der Waals surface area contributed by atoms with Crippen LogP contribution in [0.1, 0.15) is 23.2 Å². The third-order valence-corrected chi connectivity index (χ3v) is 10.5. The van der Waals surface area contributed by atoms with Crippen LogP contribution in [-0.4, -0.2) is 25.4 Å². The van der Waals surface area contributed by atoms with E-state index in [9.17, 15) is 0 Å². The van der Waals surface area contributed by atoms with E-state index in [4.69, 9.17) is 24.4 Å². The summed E-state index contributed by atoms with van der Waals surface area (Å²) in [7, 11) is 0. The largest absolute Gasteiger partial charge is 0.456 e. The highest BCUT2D eigenvalue weighted by molar-refractivity contribution is 6.22. The van der Waals surface area contributed by atoms with Gasteiger partial charge >= 0.3 is 0 Å². The topological polar surface area (TPSA) is 81.1 Å². The lowest BCUT2D eigenvalue weighted by molar-refractivity contribution is 0.515. The average Bonchev–Trinajstić information content (AvgIpc) is 3.83. The molecular weight excluding hydrogens is 689 g/mol. The van der Waals surface area contributed by atoms with Gasteiger partial charge in [0.05, 0.1) is 16.7 Å². The van der Waals surface area contributed by atoms with Gasteiger partial charge < -0.3 is 14.3 Å². The summed E-state index contributed by atoms with van der Waals surface area (Å²) >= 11 is 0. The fourth-order valence-corrected chi connectivity index (χ4v) is 7.92. The van der Waals surface area contributed by atoms with Crippen LogP contribution in [0, 0.1) is 0 Å². The summed E-state index contributed by atoms with van der Waals surface area (Å²) in [5.41, 5.74) is 9.78. The van der Waals surface area contributed by atoms with E-state index >= 15 is 0 Å². The van der Waals surface area contributed by atoms with Crippen LogP contribution in [0.2, 0.25) is 0 Å². The smallest absolute Gasteiger partial charge is 0.172 e. The number of anilines is 1. The van der Waals surface area contributed by atoms with Crippen LogP contribution < -0.4 is 5.32 Å². The van der Waals surface area contributed by atoms with E-state index in [2.05, 4.69) is 107 Å². The second-order valence-electron chi connectivity index (χ2n) is 13.9. The number of aromatic nitrogens is 4. The highest BCUT2D eigenvalue weighted by Crippen LogP contribution is 2.43. The van der Waals surface area contributed by atoms with Gasteiger partial charge in [-0.1, -0.05) is 140 Å². The summed E-state index contributed by atoms with van der Waals surface area (Å²) < 4.78 is 8.99. The number of aliphatic imine (C=N–C) groups is 1. The van der Waals surface area contributed by atoms with E-state index in [1.807, 2.05) is 84.9 Å². The second-order valence-corrected chi connectivity index (χ2v) is 13.9. The molecule has 0 radical (unpaired) electrons. The maximum Gasteiger partial charge on any atom is 0.172 e. The first-order valence-electron chi connectivity index (χ1n) is 18.7. The molecule has 1 atom stereocenters. The molecule has 1 unspecified atom stereocenters. The van der Waals surface area contributed by atoms with Gasteiger partial charge in [-0.05, 0) is 53.6 Å². The lowest BCUT2D eigenvalue weighted by Gasteiger charge is -2.22. The molecule has 0 spiro atoms. The Kier molecular flexibility index (Phi) is 7.41. The predicted octanol–water partition coefficient (Wildman–Crippen LogP) is 11.7. The Labute approximate surface area is 322 Å². The van der Waals surface area contributed by atoms with E-state index in [0.717, 1.165) is 66.6 Å². The second kappa shape index (κ2) is 13.0. The number of hydrogen-bond donors (Lipinski definition) is 1. The average molecular weight is 721 g/mol. The highest BCUT2D eigenvalue weighted by Gasteiger charge is 2.33. The number of nitrogens with one attached hydrogen (secondary N) is 1. The Morgan fingerprint density at radius 2 is 1.11 bits per heavy atom. The zero-order valence-electron chi connectivity index (χ0n) is 30.0. The number of rotatable bonds is 6. The van der Waals surface area contributed by atoms with Gasteiger partial charge in [-0.25, -0.2) is 19.9 Å². The van der Waals surface area contributed by atoms with Crippen molar-refractivity contribution in [2.45, 2.75) is 6.04 Å². The van der Waals surface area contributed by atoms with Crippen molar-refractivity contribution in [3.63, 3.8) is 0 Å². The van der Waals surface area contributed by atoms with Crippen molar-refractivity contribution >= 4 is 44.3 Å². The number of para-hydroxylation sites is 4. The van der Waals surface area contributed by atoms with Crippen molar-refractivity contribution < 1.29 is 4.42 Å². The van der Waals surface area contributed by atoms with Gasteiger partial charge in [0.1, 0.15) is 11.4 Å². The third-order valence-electron chi connectivity index (χ3n) is 10.5. The molecule has 264 valence electrons. The molecule has 4 heterocycles. The van der Waals surface area contributed by atoms with Crippen LogP contribution >= 0.6 is 0 Å². The van der Waals surface area contributed by atoms with Crippen LogP contribution in [0.5, 0.6) is 0 Å². The summed E-state index contributed by atoms with van der Waals surface area (Å²) in [4.78, 5) is 21.0. The van der Waals surface area contributed by atoms with Gasteiger partial charge in [0.25, 0.3) is 0 Å². The van der Waals surface area contributed by atoms with Gasteiger partial charge in [0, 0.05) is 38.5 Å². The SMILES string of the molecule is c1ccc(-c2cccc(-c3nc(-c4ccccc4)nc(C4N=C(c5cccc6c7ccccc7n(-c7ccccc7)c56)Nc5c4oc4ccccc54)n3)c2)cc1. The molecule has 10 aromatic rings. The first kappa shape index (κ1) is 31.8. The number of hydrogen-bond acceptors (Lipinski definition) is 6. The van der Waals surface area contributed by atoms with Crippen molar-refractivity contribution in [3.8, 4) is 39.6 Å². The Morgan fingerprint density at radius 3 is 1.91 bits per heavy atom. The molecule has 0 fully saturated rings. The van der Waals surface area contributed by atoms with Crippen LogP contribution in [0.4, 0.5) is 5.69 Å². The Hall–Kier alpha value is -7.64. The summed E-state index contributed by atoms with van der Waals surface area (Å²) in [6, 6.07) is 61.6. The molecular formula is C49H32N6O. The fourth-order valence-electron chi connectivity index (χ4n) is 7.92. The van der Waals surface area contributed by atoms with E-state index < -0.39 is 6.04 Å². The summed E-state index contributed by atoms with van der Waals surface area (Å²) in [5, 5.41) is 7.01. The van der Waals surface area contributed by atoms with E-state index in [1.165, 1.54) is 5.39 Å². The molecule has 1 aliphatic heterocycles. The molecule has 7 heteroatoms. The first-order valence-corrected chi connectivity index (χ1v) is 18.7. The van der Waals surface area contributed by atoms with Gasteiger partial charge in [-0.3, -0.25) is 0 Å². The van der Waals surface area contributed by atoms with E-state index in [-0.39, 0.29) is 0 Å². The lowest BCUT2D eigenvalue weighted by Crippen LogP contribution is -2.23. The number of amidine groups is 1. The number of furan rings is 1. The molecule has 1 N–H and O–H groups in total. The van der Waals surface area contributed by atoms with Crippen LogP contribution in [0.15, 0.2) is 191 Å². The van der Waals surface area contributed by atoms with Crippen molar-refractivity contribution in [1.29, 1.82) is 0 Å². The van der Waals surface area contributed by atoms with Crippen LogP contribution in [0.25, 0.3) is 72.4 Å². The molecule has 1 aliphatic rings. The molecule has 0 bridgehead atoms. The Morgan fingerprint density at radius 1 is 0.500 bits per heavy atom. The van der Waals surface area contributed by atoms with E-state index in [1.54, 1.807) is 0 Å². The molecule has 0 aliphatic carbocycles. The van der Waals surface area contributed by atoms with E-state index in [0.29, 0.717) is 29.1 Å². The Bertz CT molecular complexity index is 3110. The van der Waals surface area contributed by atoms with Gasteiger partial charge in [-0.15, -0.1) is 0 Å². The highest BCUT2D eigenvalue weighted by atomic mass is 16.3. The zero-order chi connectivity index (χ0) is 37.0. The monoisotopic (exact) mass is 720 g/mol. The quantitative estimate of drug-likeness (QED) is 0.185. The maximum absolute atomic E-state index is 6.66. The normalized spacial score (nSPS) is 13.8. The molecule has 11 rings (SSSR count). The minimum absolute atomic E-state index is 0.494. The molecule has 0 saturated heterocycles. The standard InChI is InChI=1S/C49H32N6O/c1-4-16-31(17-5-1)33-20-14-21-34(30-33)47-52-46(32-18-6-2-7-19-32)53-49(54-47)43-45-42(38-25-11-13-29-41(38)56-45)50-48(51-43)39-27-15-26-37-36-24-10-12-28-40(36)55(44(37)39)35-22-8-3-9-23-35/h1-30,43H,(H,50,51). The van der Waals surface area contributed by atoms with Gasteiger partial charge in [0.15, 0.2) is 29.3 Å². The molecule has 3 aromatic heterocycles. The summed E-state index contributed by atoms with van der Waals surface area (Å²) in [6.45, 7) is 0. The zero-order valence-corrected chi connectivity index (χ0v) is 30.0. The van der Waals surface area contributed by atoms with Crippen molar-refractivity contribution in [3.05, 3.63) is 199 Å². The molecule has 0 amide bonds. The number of nitrogens with zero attached hydrogens (tertiary/aromatic N) is 5. The van der Waals surface area contributed by atoms with Crippen molar-refractivity contribution in [2.24, 2.45) is 4.99 Å². The van der Waals surface area contributed by atoms with Gasteiger partial charge in [0.2, 0.25) is 0 Å². The number of fused-ring (bicyclic) bond motifs is 6. The van der Waals surface area contributed by atoms with Crippen molar-refractivity contribution in [2.75, 3.05) is 5.32 Å². The van der Waals surface area contributed by atoms with Crippen LogP contribution in [-0.2, 0) is 0 Å². The maximum atomic E-state index is 6.66. The lowest BCUT2D eigenvalue weighted by atomic mass is 10.0. The minimum Gasteiger partial charge on any atom is -0.456 e. The summed E-state index contributed by atoms with van der Waals surface area (Å²) in [6.07, 6.45) is 0. The first-order chi connectivity index (χ1) is 27.8. The minimum atomic E-state index is -0.681.